The summed E-state index contributed by atoms with van der Waals surface area (Å²) in [7, 11) is 1.71. The number of methoxy groups -OCH3 is 1. The van der Waals surface area contributed by atoms with Crippen LogP contribution < -0.4 is 10.1 Å². The number of aromatic nitrogens is 3. The number of nitrogens with one attached hydrogen (secondary N) is 1. The summed E-state index contributed by atoms with van der Waals surface area (Å²) in [6, 6.07) is 12.3. The molecule has 5 nitrogen and oxygen atoms in total. The average Bonchev–Trinajstić information content (AvgIpc) is 2.92. The first-order chi connectivity index (χ1) is 13.6. The molecule has 0 fully saturated rings. The van der Waals surface area contributed by atoms with Gasteiger partial charge in [0.15, 0.2) is 5.82 Å². The molecule has 144 valence electrons. The Morgan fingerprint density at radius 2 is 2.04 bits per heavy atom. The number of hydrogen-bond acceptors (Lipinski definition) is 5. The number of benzene rings is 1. The fourth-order valence-electron chi connectivity index (χ4n) is 3.63. The maximum absolute atomic E-state index is 6.40. The Morgan fingerprint density at radius 1 is 1.14 bits per heavy atom. The SMILES string of the molecule is COc1ccc2c(c1)CC(Nc1nc(-c3ccccn3)nc(Cl)c1C)CCC2. The van der Waals surface area contributed by atoms with Crippen LogP contribution >= 0.6 is 11.6 Å². The van der Waals surface area contributed by atoms with Gasteiger partial charge in [-0.1, -0.05) is 23.7 Å². The lowest BCUT2D eigenvalue weighted by Crippen LogP contribution is -2.23. The smallest absolute Gasteiger partial charge is 0.181 e. The molecular formula is C22H23ClN4O. The van der Waals surface area contributed by atoms with Crippen molar-refractivity contribution in [1.82, 2.24) is 15.0 Å². The van der Waals surface area contributed by atoms with Crippen LogP contribution in [0.2, 0.25) is 5.15 Å². The summed E-state index contributed by atoms with van der Waals surface area (Å²) in [5, 5.41) is 4.07. The first kappa shape index (κ1) is 18.7. The van der Waals surface area contributed by atoms with E-state index in [9.17, 15) is 0 Å². The quantitative estimate of drug-likeness (QED) is 0.505. The fourth-order valence-corrected chi connectivity index (χ4v) is 3.80. The zero-order valence-electron chi connectivity index (χ0n) is 16.1. The summed E-state index contributed by atoms with van der Waals surface area (Å²) < 4.78 is 5.41. The molecule has 0 radical (unpaired) electrons. The highest BCUT2D eigenvalue weighted by Crippen LogP contribution is 2.29. The molecule has 1 atom stereocenters. The van der Waals surface area contributed by atoms with Crippen molar-refractivity contribution in [3.63, 3.8) is 0 Å². The van der Waals surface area contributed by atoms with Gasteiger partial charge in [-0.05, 0) is 68.0 Å². The minimum absolute atomic E-state index is 0.273. The minimum atomic E-state index is 0.273. The van der Waals surface area contributed by atoms with Gasteiger partial charge in [0, 0.05) is 17.8 Å². The maximum atomic E-state index is 6.40. The predicted molar refractivity (Wildman–Crippen MR) is 112 cm³/mol. The number of aryl methyl sites for hydroxylation is 1. The lowest BCUT2D eigenvalue weighted by molar-refractivity contribution is 0.414. The van der Waals surface area contributed by atoms with Gasteiger partial charge in [-0.2, -0.15) is 0 Å². The van der Waals surface area contributed by atoms with E-state index in [-0.39, 0.29) is 6.04 Å². The van der Waals surface area contributed by atoms with E-state index in [2.05, 4.69) is 27.4 Å². The molecule has 0 amide bonds. The number of hydrogen-bond donors (Lipinski definition) is 1. The van der Waals surface area contributed by atoms with Crippen LogP contribution in [-0.4, -0.2) is 28.1 Å². The molecule has 3 aromatic rings. The largest absolute Gasteiger partial charge is 0.497 e. The lowest BCUT2D eigenvalue weighted by Gasteiger charge is -2.20. The Morgan fingerprint density at radius 3 is 2.82 bits per heavy atom. The molecule has 2 aromatic heterocycles. The standard InChI is InChI=1S/C22H23ClN4O/c1-14-20(23)26-22(19-8-3-4-11-24-19)27-21(14)25-17-7-5-6-15-9-10-18(28-2)13-16(15)12-17/h3-4,8-11,13,17H,5-7,12H2,1-2H3,(H,25,26,27). The summed E-state index contributed by atoms with van der Waals surface area (Å²) in [5.74, 6) is 2.21. The summed E-state index contributed by atoms with van der Waals surface area (Å²) in [5.41, 5.74) is 4.30. The van der Waals surface area contributed by atoms with E-state index >= 15 is 0 Å². The van der Waals surface area contributed by atoms with Crippen LogP contribution in [0.5, 0.6) is 5.75 Å². The monoisotopic (exact) mass is 394 g/mol. The molecule has 0 saturated heterocycles. The number of fused-ring (bicyclic) bond motifs is 1. The number of pyridine rings is 1. The van der Waals surface area contributed by atoms with Crippen LogP contribution in [0.1, 0.15) is 29.5 Å². The third kappa shape index (κ3) is 3.94. The third-order valence-electron chi connectivity index (χ3n) is 5.20. The van der Waals surface area contributed by atoms with Gasteiger partial charge in [-0.3, -0.25) is 4.98 Å². The molecule has 1 N–H and O–H groups in total. The van der Waals surface area contributed by atoms with Crippen molar-refractivity contribution in [2.45, 2.75) is 38.6 Å². The predicted octanol–water partition coefficient (Wildman–Crippen LogP) is 4.87. The number of ether oxygens (including phenoxy) is 1. The van der Waals surface area contributed by atoms with Gasteiger partial charge in [-0.25, -0.2) is 9.97 Å². The van der Waals surface area contributed by atoms with E-state index in [0.29, 0.717) is 16.7 Å². The van der Waals surface area contributed by atoms with Crippen molar-refractivity contribution < 1.29 is 4.74 Å². The van der Waals surface area contributed by atoms with E-state index in [0.717, 1.165) is 42.8 Å². The number of anilines is 1. The van der Waals surface area contributed by atoms with Gasteiger partial charge in [0.05, 0.1) is 7.11 Å². The number of rotatable bonds is 4. The highest BCUT2D eigenvalue weighted by atomic mass is 35.5. The Hall–Kier alpha value is -2.66. The highest BCUT2D eigenvalue weighted by molar-refractivity contribution is 6.30. The molecule has 1 aliphatic carbocycles. The van der Waals surface area contributed by atoms with Crippen molar-refractivity contribution in [2.24, 2.45) is 0 Å². The molecule has 1 unspecified atom stereocenters. The highest BCUT2D eigenvalue weighted by Gasteiger charge is 2.20. The Balaban J connectivity index is 1.62. The van der Waals surface area contributed by atoms with Crippen LogP contribution in [0.4, 0.5) is 5.82 Å². The molecule has 2 heterocycles. The van der Waals surface area contributed by atoms with Crippen LogP contribution in [-0.2, 0) is 12.8 Å². The second-order valence-corrected chi connectivity index (χ2v) is 7.46. The Kier molecular flexibility index (Phi) is 5.44. The van der Waals surface area contributed by atoms with Crippen molar-refractivity contribution in [3.05, 3.63) is 64.4 Å². The number of nitrogens with zero attached hydrogens (tertiary/aromatic N) is 3. The number of halogens is 1. The molecule has 28 heavy (non-hydrogen) atoms. The van der Waals surface area contributed by atoms with Gasteiger partial charge in [-0.15, -0.1) is 0 Å². The fraction of sp³-hybridized carbons (Fsp3) is 0.318. The molecule has 6 heteroatoms. The molecule has 1 aromatic carbocycles. The van der Waals surface area contributed by atoms with E-state index < -0.39 is 0 Å². The first-order valence-corrected chi connectivity index (χ1v) is 9.89. The van der Waals surface area contributed by atoms with E-state index in [1.165, 1.54) is 11.1 Å². The minimum Gasteiger partial charge on any atom is -0.497 e. The van der Waals surface area contributed by atoms with Gasteiger partial charge < -0.3 is 10.1 Å². The summed E-state index contributed by atoms with van der Waals surface area (Å²) >= 11 is 6.40. The summed E-state index contributed by atoms with van der Waals surface area (Å²) in [6.45, 7) is 1.94. The van der Waals surface area contributed by atoms with Crippen molar-refractivity contribution in [2.75, 3.05) is 12.4 Å². The zero-order valence-corrected chi connectivity index (χ0v) is 16.8. The van der Waals surface area contributed by atoms with E-state index in [1.807, 2.05) is 31.2 Å². The van der Waals surface area contributed by atoms with Gasteiger partial charge >= 0.3 is 0 Å². The van der Waals surface area contributed by atoms with Gasteiger partial charge in [0.1, 0.15) is 22.4 Å². The van der Waals surface area contributed by atoms with E-state index in [4.69, 9.17) is 21.3 Å². The molecule has 0 aliphatic heterocycles. The van der Waals surface area contributed by atoms with E-state index in [1.54, 1.807) is 13.3 Å². The second-order valence-electron chi connectivity index (χ2n) is 7.10. The van der Waals surface area contributed by atoms with Crippen LogP contribution in [0.15, 0.2) is 42.6 Å². The zero-order chi connectivity index (χ0) is 19.5. The third-order valence-corrected chi connectivity index (χ3v) is 5.57. The van der Waals surface area contributed by atoms with Crippen molar-refractivity contribution in [1.29, 1.82) is 0 Å². The van der Waals surface area contributed by atoms with Gasteiger partial charge in [0.25, 0.3) is 0 Å². The average molecular weight is 395 g/mol. The molecule has 0 bridgehead atoms. The van der Waals surface area contributed by atoms with Gasteiger partial charge in [0.2, 0.25) is 0 Å². The normalized spacial score (nSPS) is 16.2. The lowest BCUT2D eigenvalue weighted by atomic mass is 10.0. The summed E-state index contributed by atoms with van der Waals surface area (Å²) in [6.07, 6.45) is 5.93. The topological polar surface area (TPSA) is 59.9 Å². The van der Waals surface area contributed by atoms with Crippen molar-refractivity contribution in [3.8, 4) is 17.3 Å². The van der Waals surface area contributed by atoms with Crippen LogP contribution in [0.3, 0.4) is 0 Å². The molecule has 0 saturated carbocycles. The maximum Gasteiger partial charge on any atom is 0.181 e. The molecule has 0 spiro atoms. The van der Waals surface area contributed by atoms with Crippen LogP contribution in [0.25, 0.3) is 11.5 Å². The Bertz CT molecular complexity index is 978. The molecular weight excluding hydrogens is 372 g/mol. The second kappa shape index (κ2) is 8.15. The Labute approximate surface area is 170 Å². The molecule has 1 aliphatic rings. The van der Waals surface area contributed by atoms with Crippen LogP contribution in [0, 0.1) is 6.92 Å². The summed E-state index contributed by atoms with van der Waals surface area (Å²) in [4.78, 5) is 13.5. The van der Waals surface area contributed by atoms with Crippen molar-refractivity contribution >= 4 is 17.4 Å². The first-order valence-electron chi connectivity index (χ1n) is 9.52. The molecule has 4 rings (SSSR count).